The molecule has 0 aliphatic carbocycles. The van der Waals surface area contributed by atoms with Gasteiger partial charge in [0.05, 0.1) is 12.8 Å². The van der Waals surface area contributed by atoms with Crippen LogP contribution in [0.1, 0.15) is 0 Å². The molecule has 0 amide bonds. The van der Waals surface area contributed by atoms with Crippen LogP contribution in [0.25, 0.3) is 0 Å². The first-order chi connectivity index (χ1) is 4.34. The first kappa shape index (κ1) is 8.78. The number of hydrogen-bond donors (Lipinski definition) is 1. The highest BCUT2D eigenvalue weighted by Gasteiger charge is 1.91. The number of methoxy groups -OCH3 is 1. The molecule has 0 aromatic heterocycles. The number of nitrogen functional groups attached to an aromatic ring is 1. The Balaban J connectivity index is 0.000000810. The molecule has 10 heavy (non-hydrogen) atoms. The summed E-state index contributed by atoms with van der Waals surface area (Å²) in [4.78, 5) is 0. The molecule has 1 aromatic rings. The van der Waals surface area contributed by atoms with Gasteiger partial charge in [-0.15, -0.1) is 0 Å². The predicted octanol–water partition coefficient (Wildman–Crippen LogP) is 0.453. The summed E-state index contributed by atoms with van der Waals surface area (Å²) in [5, 5.41) is 0. The zero-order valence-electron chi connectivity index (χ0n) is 5.79. The molecule has 0 saturated heterocycles. The van der Waals surface area contributed by atoms with E-state index in [-0.39, 0.29) is 5.48 Å². The monoisotopic (exact) mass is 141 g/mol. The van der Waals surface area contributed by atoms with Crippen LogP contribution in [0.3, 0.4) is 0 Å². The highest BCUT2D eigenvalue weighted by Crippen LogP contribution is 2.18. The lowest BCUT2D eigenvalue weighted by Crippen LogP contribution is -1.89. The zero-order valence-corrected chi connectivity index (χ0v) is 5.79. The second-order valence-electron chi connectivity index (χ2n) is 1.74. The van der Waals surface area contributed by atoms with E-state index in [4.69, 9.17) is 10.5 Å². The standard InChI is InChI=1S/C7H9NO.H2O/c1-9-7-5-3-2-4-6(7)8;/h2-5H,8H2,1H3;1H2. The van der Waals surface area contributed by atoms with Gasteiger partial charge < -0.3 is 15.9 Å². The minimum absolute atomic E-state index is 0. The summed E-state index contributed by atoms with van der Waals surface area (Å²) in [7, 11) is 1.60. The van der Waals surface area contributed by atoms with Gasteiger partial charge in [-0.2, -0.15) is 0 Å². The van der Waals surface area contributed by atoms with Crippen LogP contribution in [0.4, 0.5) is 5.69 Å². The molecule has 0 fully saturated rings. The number of benzene rings is 1. The predicted molar refractivity (Wildman–Crippen MR) is 41.0 cm³/mol. The molecule has 0 heterocycles. The topological polar surface area (TPSA) is 66.8 Å². The number of anilines is 1. The molecule has 0 atom stereocenters. The van der Waals surface area contributed by atoms with Crippen molar-refractivity contribution in [3.8, 4) is 5.75 Å². The molecule has 56 valence electrons. The zero-order chi connectivity index (χ0) is 6.69. The van der Waals surface area contributed by atoms with E-state index in [0.29, 0.717) is 5.69 Å². The molecular formula is C7H11NO2. The third-order valence-electron chi connectivity index (χ3n) is 1.14. The molecule has 0 aliphatic rings. The Bertz CT molecular complexity index is 201. The molecule has 0 unspecified atom stereocenters. The maximum Gasteiger partial charge on any atom is 0.141 e. The van der Waals surface area contributed by atoms with Crippen molar-refractivity contribution < 1.29 is 10.2 Å². The van der Waals surface area contributed by atoms with Gasteiger partial charge >= 0.3 is 0 Å². The highest BCUT2D eigenvalue weighted by molar-refractivity contribution is 5.51. The second kappa shape index (κ2) is 3.74. The molecule has 1 aromatic carbocycles. The van der Waals surface area contributed by atoms with Crippen LogP contribution in [0.5, 0.6) is 5.75 Å². The summed E-state index contributed by atoms with van der Waals surface area (Å²) < 4.78 is 4.92. The SMILES string of the molecule is COc1ccccc1N.O. The number of ether oxygens (including phenoxy) is 1. The summed E-state index contributed by atoms with van der Waals surface area (Å²) in [6.07, 6.45) is 0. The van der Waals surface area contributed by atoms with Crippen molar-refractivity contribution in [2.24, 2.45) is 0 Å². The largest absolute Gasteiger partial charge is 0.495 e. The molecule has 0 saturated carbocycles. The van der Waals surface area contributed by atoms with Crippen LogP contribution in [0.2, 0.25) is 0 Å². The average Bonchev–Trinajstić information content (AvgIpc) is 1.89. The van der Waals surface area contributed by atoms with Crippen LogP contribution >= 0.6 is 0 Å². The van der Waals surface area contributed by atoms with E-state index < -0.39 is 0 Å². The smallest absolute Gasteiger partial charge is 0.141 e. The minimum atomic E-state index is 0. The molecule has 1 rings (SSSR count). The Morgan fingerprint density at radius 2 is 1.90 bits per heavy atom. The number of nitrogens with two attached hydrogens (primary N) is 1. The van der Waals surface area contributed by atoms with E-state index in [1.165, 1.54) is 0 Å². The van der Waals surface area contributed by atoms with E-state index in [1.54, 1.807) is 13.2 Å². The quantitative estimate of drug-likeness (QED) is 0.577. The second-order valence-corrected chi connectivity index (χ2v) is 1.74. The Hall–Kier alpha value is -1.22. The Kier molecular flexibility index (Phi) is 3.28. The molecule has 4 N–H and O–H groups in total. The minimum Gasteiger partial charge on any atom is -0.495 e. The summed E-state index contributed by atoms with van der Waals surface area (Å²) in [5.74, 6) is 0.734. The van der Waals surface area contributed by atoms with Gasteiger partial charge in [0.25, 0.3) is 0 Å². The molecule has 0 bridgehead atoms. The first-order valence-corrected chi connectivity index (χ1v) is 2.73. The van der Waals surface area contributed by atoms with Crippen molar-refractivity contribution >= 4 is 5.69 Å². The third kappa shape index (κ3) is 1.63. The average molecular weight is 141 g/mol. The molecule has 0 radical (unpaired) electrons. The van der Waals surface area contributed by atoms with Gasteiger partial charge in [-0.05, 0) is 12.1 Å². The highest BCUT2D eigenvalue weighted by atomic mass is 16.5. The fraction of sp³-hybridized carbons (Fsp3) is 0.143. The van der Waals surface area contributed by atoms with Gasteiger partial charge in [0.2, 0.25) is 0 Å². The van der Waals surface area contributed by atoms with E-state index in [2.05, 4.69) is 0 Å². The van der Waals surface area contributed by atoms with Crippen molar-refractivity contribution in [2.75, 3.05) is 12.8 Å². The summed E-state index contributed by atoms with van der Waals surface area (Å²) in [6.45, 7) is 0. The summed E-state index contributed by atoms with van der Waals surface area (Å²) >= 11 is 0. The van der Waals surface area contributed by atoms with Crippen molar-refractivity contribution in [1.29, 1.82) is 0 Å². The van der Waals surface area contributed by atoms with Gasteiger partial charge in [-0.1, -0.05) is 12.1 Å². The van der Waals surface area contributed by atoms with E-state index in [9.17, 15) is 0 Å². The Labute approximate surface area is 59.7 Å². The summed E-state index contributed by atoms with van der Waals surface area (Å²) in [6, 6.07) is 7.39. The van der Waals surface area contributed by atoms with Crippen molar-refractivity contribution in [3.63, 3.8) is 0 Å². The number of rotatable bonds is 1. The lowest BCUT2D eigenvalue weighted by atomic mass is 10.3. The number of para-hydroxylation sites is 2. The van der Waals surface area contributed by atoms with E-state index in [0.717, 1.165) is 5.75 Å². The molecule has 0 aliphatic heterocycles. The molecule has 3 heteroatoms. The molecule has 0 spiro atoms. The summed E-state index contributed by atoms with van der Waals surface area (Å²) in [5.41, 5.74) is 6.19. The first-order valence-electron chi connectivity index (χ1n) is 2.73. The normalized spacial score (nSPS) is 8.10. The van der Waals surface area contributed by atoms with Crippen molar-refractivity contribution in [1.82, 2.24) is 0 Å². The van der Waals surface area contributed by atoms with Gasteiger partial charge in [0.1, 0.15) is 5.75 Å². The van der Waals surface area contributed by atoms with Gasteiger partial charge in [0, 0.05) is 0 Å². The molecular weight excluding hydrogens is 130 g/mol. The lowest BCUT2D eigenvalue weighted by Gasteiger charge is -2.00. The van der Waals surface area contributed by atoms with Crippen molar-refractivity contribution in [2.45, 2.75) is 0 Å². The van der Waals surface area contributed by atoms with Crippen LogP contribution in [-0.2, 0) is 0 Å². The maximum absolute atomic E-state index is 5.51. The van der Waals surface area contributed by atoms with Crippen LogP contribution in [-0.4, -0.2) is 12.6 Å². The molecule has 3 nitrogen and oxygen atoms in total. The van der Waals surface area contributed by atoms with E-state index >= 15 is 0 Å². The third-order valence-corrected chi connectivity index (χ3v) is 1.14. The van der Waals surface area contributed by atoms with Crippen LogP contribution < -0.4 is 10.5 Å². The lowest BCUT2D eigenvalue weighted by molar-refractivity contribution is 0.417. The van der Waals surface area contributed by atoms with Crippen LogP contribution in [0.15, 0.2) is 24.3 Å². The Morgan fingerprint density at radius 1 is 1.30 bits per heavy atom. The van der Waals surface area contributed by atoms with Crippen molar-refractivity contribution in [3.05, 3.63) is 24.3 Å². The fourth-order valence-electron chi connectivity index (χ4n) is 0.666. The Morgan fingerprint density at radius 3 is 2.30 bits per heavy atom. The van der Waals surface area contributed by atoms with Crippen LogP contribution in [0, 0.1) is 0 Å². The van der Waals surface area contributed by atoms with Gasteiger partial charge in [-0.25, -0.2) is 0 Å². The van der Waals surface area contributed by atoms with Gasteiger partial charge in [0.15, 0.2) is 0 Å². The maximum atomic E-state index is 5.51. The van der Waals surface area contributed by atoms with Gasteiger partial charge in [-0.3, -0.25) is 0 Å². The van der Waals surface area contributed by atoms with E-state index in [1.807, 2.05) is 18.2 Å². The fourth-order valence-corrected chi connectivity index (χ4v) is 0.666. The number of hydrogen-bond acceptors (Lipinski definition) is 2.